The second-order valence-electron chi connectivity index (χ2n) is 2.02. The maximum absolute atomic E-state index is 5.09. The third kappa shape index (κ3) is 7.50. The molecule has 0 unspecified atom stereocenters. The molecule has 0 rings (SSSR count). The van der Waals surface area contributed by atoms with Gasteiger partial charge in [0, 0.05) is 13.2 Å². The molecule has 0 aliphatic rings. The lowest BCUT2D eigenvalue weighted by Crippen LogP contribution is -2.05. The van der Waals surface area contributed by atoms with Crippen LogP contribution < -0.4 is 5.32 Å². The van der Waals surface area contributed by atoms with Crippen molar-refractivity contribution in [2.75, 3.05) is 19.8 Å². The van der Waals surface area contributed by atoms with Crippen LogP contribution >= 0.6 is 0 Å². The molecule has 0 aliphatic heterocycles. The highest BCUT2D eigenvalue weighted by molar-refractivity contribution is 4.78. The Morgan fingerprint density at radius 1 is 1.40 bits per heavy atom. The van der Waals surface area contributed by atoms with Crippen molar-refractivity contribution in [1.82, 2.24) is 5.32 Å². The molecule has 0 aliphatic carbocycles. The monoisotopic (exact) mass is 143 g/mol. The molecular formula is C8H17NO. The van der Waals surface area contributed by atoms with Crippen LogP contribution in [-0.2, 0) is 4.74 Å². The third-order valence-corrected chi connectivity index (χ3v) is 1.05. The predicted octanol–water partition coefficient (Wildman–Crippen LogP) is 1.54. The Morgan fingerprint density at radius 2 is 2.20 bits per heavy atom. The summed E-state index contributed by atoms with van der Waals surface area (Å²) in [7, 11) is 0. The van der Waals surface area contributed by atoms with Gasteiger partial charge in [0.25, 0.3) is 0 Å². The molecule has 0 atom stereocenters. The summed E-state index contributed by atoms with van der Waals surface area (Å²) in [6.07, 6.45) is 5.09. The summed E-state index contributed by atoms with van der Waals surface area (Å²) in [5.41, 5.74) is 0. The largest absolute Gasteiger partial charge is 0.391 e. The first-order valence-corrected chi connectivity index (χ1v) is 3.88. The molecule has 0 aromatic heterocycles. The molecule has 10 heavy (non-hydrogen) atoms. The lowest BCUT2D eigenvalue weighted by molar-refractivity contribution is 0.177. The Bertz CT molecular complexity index is 71.3. The molecule has 0 amide bonds. The van der Waals surface area contributed by atoms with Gasteiger partial charge in [0.2, 0.25) is 0 Å². The van der Waals surface area contributed by atoms with Gasteiger partial charge in [0.1, 0.15) is 0 Å². The van der Waals surface area contributed by atoms with Gasteiger partial charge in [-0.3, -0.25) is 0 Å². The lowest BCUT2D eigenvalue weighted by Gasteiger charge is -1.95. The van der Waals surface area contributed by atoms with E-state index in [1.807, 2.05) is 19.2 Å². The van der Waals surface area contributed by atoms with E-state index in [0.717, 1.165) is 13.2 Å². The van der Waals surface area contributed by atoms with Gasteiger partial charge in [-0.2, -0.15) is 0 Å². The molecular weight excluding hydrogens is 126 g/mol. The summed E-state index contributed by atoms with van der Waals surface area (Å²) in [5, 5.41) is 3.13. The molecule has 0 aromatic carbocycles. The molecule has 0 radical (unpaired) electrons. The molecule has 0 saturated carbocycles. The maximum Gasteiger partial charge on any atom is 0.0664 e. The summed E-state index contributed by atoms with van der Waals surface area (Å²) in [6, 6.07) is 0. The van der Waals surface area contributed by atoms with Gasteiger partial charge in [0.05, 0.1) is 6.61 Å². The third-order valence-electron chi connectivity index (χ3n) is 1.05. The van der Waals surface area contributed by atoms with Crippen LogP contribution in [0.4, 0.5) is 0 Å². The van der Waals surface area contributed by atoms with E-state index < -0.39 is 0 Å². The molecule has 0 bridgehead atoms. The molecule has 2 heteroatoms. The average molecular weight is 143 g/mol. The Kier molecular flexibility index (Phi) is 8.07. The Labute approximate surface area is 63.3 Å². The van der Waals surface area contributed by atoms with E-state index in [1.54, 1.807) is 0 Å². The molecule has 0 heterocycles. The lowest BCUT2D eigenvalue weighted by atomic mass is 10.5. The summed E-state index contributed by atoms with van der Waals surface area (Å²) in [6.45, 7) is 6.69. The molecule has 0 saturated heterocycles. The molecule has 0 fully saturated rings. The van der Waals surface area contributed by atoms with E-state index >= 15 is 0 Å². The van der Waals surface area contributed by atoms with E-state index in [0.29, 0.717) is 6.61 Å². The van der Waals surface area contributed by atoms with Gasteiger partial charge < -0.3 is 10.1 Å². The van der Waals surface area contributed by atoms with Gasteiger partial charge in [-0.1, -0.05) is 6.92 Å². The summed E-state index contributed by atoms with van der Waals surface area (Å²) in [4.78, 5) is 0. The van der Waals surface area contributed by atoms with Crippen LogP contribution in [0.5, 0.6) is 0 Å². The summed E-state index contributed by atoms with van der Waals surface area (Å²) in [5.74, 6) is 0. The van der Waals surface area contributed by atoms with Crippen molar-refractivity contribution in [2.45, 2.75) is 20.3 Å². The van der Waals surface area contributed by atoms with Crippen LogP contribution in [0.25, 0.3) is 0 Å². The van der Waals surface area contributed by atoms with E-state index in [-0.39, 0.29) is 0 Å². The number of hydrogen-bond acceptors (Lipinski definition) is 2. The first kappa shape index (κ1) is 9.50. The summed E-state index contributed by atoms with van der Waals surface area (Å²) >= 11 is 0. The van der Waals surface area contributed by atoms with Crippen LogP contribution in [0.2, 0.25) is 0 Å². The zero-order chi connectivity index (χ0) is 7.66. The van der Waals surface area contributed by atoms with Crippen LogP contribution in [0.1, 0.15) is 20.3 Å². The minimum atomic E-state index is 0.715. The molecule has 2 nitrogen and oxygen atoms in total. The highest BCUT2D eigenvalue weighted by Gasteiger charge is 1.75. The molecule has 0 spiro atoms. The van der Waals surface area contributed by atoms with Gasteiger partial charge in [-0.15, -0.1) is 0 Å². The highest BCUT2D eigenvalue weighted by Crippen LogP contribution is 1.75. The number of nitrogens with one attached hydrogen (secondary N) is 1. The van der Waals surface area contributed by atoms with Crippen molar-refractivity contribution in [3.05, 3.63) is 12.3 Å². The smallest absolute Gasteiger partial charge is 0.0664 e. The fourth-order valence-corrected chi connectivity index (χ4v) is 0.545. The second kappa shape index (κ2) is 8.50. The fourth-order valence-electron chi connectivity index (χ4n) is 0.545. The Hall–Kier alpha value is -0.500. The van der Waals surface area contributed by atoms with Crippen LogP contribution in [0, 0.1) is 0 Å². The molecule has 60 valence electrons. The first-order chi connectivity index (χ1) is 4.91. The molecule has 1 N–H and O–H groups in total. The molecule has 0 aromatic rings. The van der Waals surface area contributed by atoms with E-state index in [9.17, 15) is 0 Å². The van der Waals surface area contributed by atoms with Crippen molar-refractivity contribution >= 4 is 0 Å². The number of rotatable bonds is 6. The van der Waals surface area contributed by atoms with Crippen LogP contribution in [0.3, 0.4) is 0 Å². The Morgan fingerprint density at radius 3 is 2.80 bits per heavy atom. The first-order valence-electron chi connectivity index (χ1n) is 3.88. The van der Waals surface area contributed by atoms with Gasteiger partial charge in [0.15, 0.2) is 0 Å². The van der Waals surface area contributed by atoms with Gasteiger partial charge in [-0.25, -0.2) is 0 Å². The predicted molar refractivity (Wildman–Crippen MR) is 43.9 cm³/mol. The Balaban J connectivity index is 2.89. The van der Waals surface area contributed by atoms with Crippen molar-refractivity contribution in [1.29, 1.82) is 0 Å². The van der Waals surface area contributed by atoms with Crippen molar-refractivity contribution in [2.24, 2.45) is 0 Å². The standard InChI is InChI=1S/C8H17NO/c1-3-6-9-7-5-8-10-4-2/h5,7,9H,3-4,6,8H2,1-2H3. The highest BCUT2D eigenvalue weighted by atomic mass is 16.5. The number of ether oxygens (including phenoxy) is 1. The second-order valence-corrected chi connectivity index (χ2v) is 2.02. The van der Waals surface area contributed by atoms with E-state index in [1.165, 1.54) is 6.42 Å². The number of hydrogen-bond donors (Lipinski definition) is 1. The van der Waals surface area contributed by atoms with Crippen LogP contribution in [-0.4, -0.2) is 19.8 Å². The van der Waals surface area contributed by atoms with Crippen LogP contribution in [0.15, 0.2) is 12.3 Å². The van der Waals surface area contributed by atoms with Crippen molar-refractivity contribution in [3.63, 3.8) is 0 Å². The zero-order valence-corrected chi connectivity index (χ0v) is 6.89. The van der Waals surface area contributed by atoms with E-state index in [4.69, 9.17) is 4.74 Å². The topological polar surface area (TPSA) is 21.3 Å². The average Bonchev–Trinajstić information content (AvgIpc) is 1.97. The van der Waals surface area contributed by atoms with Crippen molar-refractivity contribution in [3.8, 4) is 0 Å². The summed E-state index contributed by atoms with van der Waals surface area (Å²) < 4.78 is 5.09. The maximum atomic E-state index is 5.09. The van der Waals surface area contributed by atoms with Crippen molar-refractivity contribution < 1.29 is 4.74 Å². The zero-order valence-electron chi connectivity index (χ0n) is 6.89. The fraction of sp³-hybridized carbons (Fsp3) is 0.750. The van der Waals surface area contributed by atoms with E-state index in [2.05, 4.69) is 12.2 Å². The normalized spacial score (nSPS) is 10.6. The minimum Gasteiger partial charge on any atom is -0.391 e. The SMILES string of the molecule is CCCNC=CCOCC. The van der Waals surface area contributed by atoms with Gasteiger partial charge >= 0.3 is 0 Å². The quantitative estimate of drug-likeness (QED) is 0.569. The minimum absolute atomic E-state index is 0.715. The van der Waals surface area contributed by atoms with Gasteiger partial charge in [-0.05, 0) is 25.6 Å².